The third kappa shape index (κ3) is 7.23. The minimum Gasteiger partial charge on any atom is -0.371 e. The first-order chi connectivity index (χ1) is 29.5. The number of carbonyl (C=O) groups is 5. The van der Waals surface area contributed by atoms with Crippen molar-refractivity contribution in [3.8, 4) is 0 Å². The van der Waals surface area contributed by atoms with E-state index in [4.69, 9.17) is 10.7 Å². The van der Waals surface area contributed by atoms with Crippen LogP contribution in [0, 0.1) is 17.8 Å². The second-order valence-electron chi connectivity index (χ2n) is 18.0. The van der Waals surface area contributed by atoms with E-state index in [1.54, 1.807) is 17.2 Å². The molecule has 4 N–H and O–H groups in total. The first-order valence-electron chi connectivity index (χ1n) is 21.8. The van der Waals surface area contributed by atoms with Gasteiger partial charge < -0.3 is 40.9 Å². The molecule has 5 atom stereocenters. The number of amides is 6. The summed E-state index contributed by atoms with van der Waals surface area (Å²) in [6.45, 7) is 11.8. The second kappa shape index (κ2) is 15.5. The molecule has 2 aromatic carbocycles. The van der Waals surface area contributed by atoms with E-state index in [0.717, 1.165) is 94.3 Å². The minimum absolute atomic E-state index is 0.0668. The summed E-state index contributed by atoms with van der Waals surface area (Å²) < 4.78 is 0. The van der Waals surface area contributed by atoms with Gasteiger partial charge in [0.05, 0.1) is 23.4 Å². The van der Waals surface area contributed by atoms with Crippen LogP contribution in [0.25, 0.3) is 0 Å². The molecule has 6 fully saturated rings. The number of nitrogens with two attached hydrogens (primary N) is 1. The summed E-state index contributed by atoms with van der Waals surface area (Å²) >= 11 is 0. The van der Waals surface area contributed by atoms with Crippen LogP contribution in [-0.4, -0.2) is 137 Å². The van der Waals surface area contributed by atoms with Crippen molar-refractivity contribution >= 4 is 52.7 Å². The number of hydrogen-bond acceptors (Lipinski definition) is 11. The highest BCUT2D eigenvalue weighted by atomic mass is 16.2. The molecule has 1 aromatic heterocycles. The molecule has 0 spiro atoms. The molecular weight excluding hydrogens is 775 g/mol. The van der Waals surface area contributed by atoms with E-state index in [2.05, 4.69) is 49.0 Å². The molecule has 0 bridgehead atoms. The van der Waals surface area contributed by atoms with E-state index in [-0.39, 0.29) is 23.7 Å². The van der Waals surface area contributed by atoms with E-state index in [9.17, 15) is 24.0 Å². The van der Waals surface area contributed by atoms with Gasteiger partial charge in [-0.3, -0.25) is 24.1 Å². The molecule has 5 saturated heterocycles. The monoisotopic (exact) mass is 827 g/mol. The third-order valence-electron chi connectivity index (χ3n) is 14.4. The fourth-order valence-electron chi connectivity index (χ4n) is 10.8. The van der Waals surface area contributed by atoms with E-state index in [1.165, 1.54) is 5.56 Å². The number of likely N-dealkylation sites (N-methyl/N-ethyl adjacent to an activating group) is 1. The molecule has 16 nitrogen and oxygen atoms in total. The zero-order valence-corrected chi connectivity index (χ0v) is 34.6. The number of urea groups is 1. The number of fused-ring (bicyclic) bond motifs is 2. The number of hydrogen-bond donors (Lipinski definition) is 3. The van der Waals surface area contributed by atoms with Crippen molar-refractivity contribution in [2.75, 3.05) is 81.1 Å². The van der Waals surface area contributed by atoms with Crippen LogP contribution in [0.1, 0.15) is 81.2 Å². The number of carbonyl (C=O) groups excluding carboxylic acids is 5. The van der Waals surface area contributed by atoms with Crippen LogP contribution in [0.5, 0.6) is 0 Å². The SMILES string of the molecule is C=C1CCC(N2C(=O)c3ccc(N4C[C@@H]5C(CN6CCC(c7ccc(Nc8nc(N9CCC[C@@H](N%10CCN(C)C%10=O)C9)cnc8C(N)=O)cc7)CC6)[C@@H]5C4)cc3C2=O)C(=O)N1. The van der Waals surface area contributed by atoms with Gasteiger partial charge in [-0.25, -0.2) is 14.8 Å². The molecule has 6 aliphatic heterocycles. The van der Waals surface area contributed by atoms with Gasteiger partial charge in [-0.15, -0.1) is 0 Å². The predicted octanol–water partition coefficient (Wildman–Crippen LogP) is 3.61. The second-order valence-corrected chi connectivity index (χ2v) is 18.0. The topological polar surface area (TPSA) is 181 Å². The van der Waals surface area contributed by atoms with Crippen LogP contribution in [0.4, 0.5) is 27.8 Å². The molecule has 318 valence electrons. The first-order valence-corrected chi connectivity index (χ1v) is 21.8. The number of likely N-dealkylation sites (tertiary alicyclic amines) is 1. The van der Waals surface area contributed by atoms with Gasteiger partial charge in [0.25, 0.3) is 17.7 Å². The molecule has 16 heteroatoms. The lowest BCUT2D eigenvalue weighted by molar-refractivity contribution is -0.125. The normalized spacial score (nSPS) is 26.9. The maximum Gasteiger partial charge on any atom is 0.320 e. The maximum absolute atomic E-state index is 13.4. The van der Waals surface area contributed by atoms with Crippen molar-refractivity contribution in [2.45, 2.75) is 56.5 Å². The van der Waals surface area contributed by atoms with Gasteiger partial charge in [-0.05, 0) is 111 Å². The number of piperidine rings is 4. The molecule has 6 amide bonds. The third-order valence-corrected chi connectivity index (χ3v) is 14.4. The molecule has 1 saturated carbocycles. The van der Waals surface area contributed by atoms with Crippen molar-refractivity contribution < 1.29 is 24.0 Å². The number of imide groups is 1. The Kier molecular flexibility index (Phi) is 9.92. The van der Waals surface area contributed by atoms with E-state index in [0.29, 0.717) is 71.5 Å². The van der Waals surface area contributed by atoms with Gasteiger partial charge in [-0.1, -0.05) is 18.7 Å². The largest absolute Gasteiger partial charge is 0.371 e. The van der Waals surface area contributed by atoms with Gasteiger partial charge in [0.1, 0.15) is 11.9 Å². The fraction of sp³-hybridized carbons (Fsp3) is 0.489. The Bertz CT molecular complexity index is 2300. The molecule has 10 rings (SSSR count). The van der Waals surface area contributed by atoms with Gasteiger partial charge in [0.15, 0.2) is 11.5 Å². The van der Waals surface area contributed by atoms with E-state index in [1.807, 2.05) is 36.2 Å². The number of primary amides is 1. The Labute approximate surface area is 355 Å². The van der Waals surface area contributed by atoms with Crippen molar-refractivity contribution in [1.82, 2.24) is 34.9 Å². The average molecular weight is 828 g/mol. The Morgan fingerprint density at radius 2 is 1.64 bits per heavy atom. The Morgan fingerprint density at radius 3 is 2.34 bits per heavy atom. The summed E-state index contributed by atoms with van der Waals surface area (Å²) in [4.78, 5) is 85.5. The maximum atomic E-state index is 13.4. The quantitative estimate of drug-likeness (QED) is 0.254. The number of benzene rings is 2. The van der Waals surface area contributed by atoms with E-state index < -0.39 is 23.8 Å². The lowest BCUT2D eigenvalue weighted by atomic mass is 9.89. The summed E-state index contributed by atoms with van der Waals surface area (Å²) in [5.74, 6) is 1.56. The lowest BCUT2D eigenvalue weighted by Gasteiger charge is -2.37. The minimum atomic E-state index is -0.808. The van der Waals surface area contributed by atoms with Gasteiger partial charge in [-0.2, -0.15) is 0 Å². The molecule has 1 aliphatic carbocycles. The summed E-state index contributed by atoms with van der Waals surface area (Å²) in [6, 6.07) is 13.3. The first kappa shape index (κ1) is 39.1. The standard InChI is InChI=1S/C45H53N11O5/c1-26-5-12-37(42(58)48-26)56-43(59)32-11-10-30(20-33(32)44(56)60)54-24-35-34(36(35)25-54)23-52-16-13-28(14-17-52)27-6-8-29(9-7-27)49-41-39(40(46)57)47-21-38(50-41)53-15-3-4-31(22-53)55-19-18-51(2)45(55)61/h6-11,20-21,28,31,34-37H,1,3-5,12-19,22-25H2,2H3,(H2,46,57)(H,48,58)(H,49,50)/t31-,34?,35-,36+,37?/m1/s1. The van der Waals surface area contributed by atoms with Crippen LogP contribution >= 0.6 is 0 Å². The molecule has 7 aliphatic rings. The summed E-state index contributed by atoms with van der Waals surface area (Å²) in [7, 11) is 1.84. The highest BCUT2D eigenvalue weighted by Crippen LogP contribution is 2.53. The van der Waals surface area contributed by atoms with Crippen LogP contribution in [-0.2, 0) is 4.79 Å². The number of nitrogens with one attached hydrogen (secondary N) is 2. The highest BCUT2D eigenvalue weighted by Gasteiger charge is 2.56. The Balaban J connectivity index is 0.707. The summed E-state index contributed by atoms with van der Waals surface area (Å²) in [6.07, 6.45) is 6.58. The number of rotatable bonds is 10. The number of anilines is 4. The average Bonchev–Trinajstić information content (AvgIpc) is 3.50. The molecular formula is C45H53N11O5. The highest BCUT2D eigenvalue weighted by molar-refractivity contribution is 6.23. The zero-order valence-electron chi connectivity index (χ0n) is 34.6. The van der Waals surface area contributed by atoms with Crippen LogP contribution in [0.15, 0.2) is 60.9 Å². The van der Waals surface area contributed by atoms with Crippen molar-refractivity contribution in [3.63, 3.8) is 0 Å². The van der Waals surface area contributed by atoms with Crippen molar-refractivity contribution in [3.05, 3.63) is 83.3 Å². The number of allylic oxidation sites excluding steroid dienone is 1. The molecule has 2 unspecified atom stereocenters. The Morgan fingerprint density at radius 1 is 0.885 bits per heavy atom. The number of aromatic nitrogens is 2. The molecule has 7 heterocycles. The van der Waals surface area contributed by atoms with Gasteiger partial charge >= 0.3 is 6.03 Å². The van der Waals surface area contributed by atoms with Crippen molar-refractivity contribution in [2.24, 2.45) is 23.5 Å². The van der Waals surface area contributed by atoms with Crippen molar-refractivity contribution in [1.29, 1.82) is 0 Å². The lowest BCUT2D eigenvalue weighted by Crippen LogP contribution is -2.51. The summed E-state index contributed by atoms with van der Waals surface area (Å²) in [5.41, 5.74) is 10.2. The van der Waals surface area contributed by atoms with Crippen LogP contribution in [0.3, 0.4) is 0 Å². The van der Waals surface area contributed by atoms with Gasteiger partial charge in [0.2, 0.25) is 5.91 Å². The smallest absolute Gasteiger partial charge is 0.320 e. The fourth-order valence-corrected chi connectivity index (χ4v) is 10.8. The zero-order chi connectivity index (χ0) is 42.1. The van der Waals surface area contributed by atoms with E-state index >= 15 is 0 Å². The van der Waals surface area contributed by atoms with Gasteiger partial charge in [0, 0.05) is 69.9 Å². The number of nitrogens with zero attached hydrogens (tertiary/aromatic N) is 8. The molecule has 3 aromatic rings. The van der Waals surface area contributed by atoms with Crippen LogP contribution in [0.2, 0.25) is 0 Å². The Hall–Kier alpha value is -6.03. The molecule has 0 radical (unpaired) electrons. The molecule has 61 heavy (non-hydrogen) atoms. The predicted molar refractivity (Wildman–Crippen MR) is 229 cm³/mol. The van der Waals surface area contributed by atoms with Crippen LogP contribution < -0.4 is 26.2 Å². The summed E-state index contributed by atoms with van der Waals surface area (Å²) in [5, 5.41) is 6.01.